The Balaban J connectivity index is 1.39. The molecule has 0 saturated carbocycles. The van der Waals surface area contributed by atoms with Crippen LogP contribution in [0.25, 0.3) is 0 Å². The molecule has 1 heterocycles. The molecular weight excluding hydrogens is 364 g/mol. The molecule has 28 heavy (non-hydrogen) atoms. The molecule has 1 aliphatic rings. The van der Waals surface area contributed by atoms with E-state index in [1.165, 1.54) is 18.9 Å². The lowest BCUT2D eigenvalue weighted by atomic mass is 9.99. The van der Waals surface area contributed by atoms with E-state index in [2.05, 4.69) is 22.5 Å². The van der Waals surface area contributed by atoms with E-state index in [9.17, 15) is 13.6 Å². The lowest BCUT2D eigenvalue weighted by Gasteiger charge is -2.32. The lowest BCUT2D eigenvalue weighted by Crippen LogP contribution is -2.33. The van der Waals surface area contributed by atoms with Gasteiger partial charge in [-0.25, -0.2) is 13.6 Å². The number of carbonyl (C=O) groups excluding carboxylic acids is 1. The van der Waals surface area contributed by atoms with Gasteiger partial charge in [0, 0.05) is 30.5 Å². The van der Waals surface area contributed by atoms with Crippen LogP contribution in [0, 0.1) is 17.6 Å². The number of nitrogens with zero attached hydrogens (tertiary/aromatic N) is 1. The van der Waals surface area contributed by atoms with Gasteiger partial charge in [-0.1, -0.05) is 6.92 Å². The molecule has 1 saturated heterocycles. The molecule has 0 unspecified atom stereocenters. The number of anilines is 2. The van der Waals surface area contributed by atoms with Crippen LogP contribution < -0.4 is 20.3 Å². The van der Waals surface area contributed by atoms with E-state index in [1.54, 1.807) is 0 Å². The van der Waals surface area contributed by atoms with Crippen molar-refractivity contribution in [3.05, 3.63) is 54.1 Å². The summed E-state index contributed by atoms with van der Waals surface area (Å²) in [4.78, 5) is 14.3. The van der Waals surface area contributed by atoms with Crippen LogP contribution in [-0.2, 0) is 0 Å². The summed E-state index contributed by atoms with van der Waals surface area (Å²) < 4.78 is 31.2. The first kappa shape index (κ1) is 19.9. The number of piperidine rings is 1. The van der Waals surface area contributed by atoms with Crippen LogP contribution >= 0.6 is 0 Å². The fourth-order valence-corrected chi connectivity index (χ4v) is 3.10. The highest BCUT2D eigenvalue weighted by atomic mass is 19.2. The Hall–Kier alpha value is -2.83. The highest BCUT2D eigenvalue weighted by Gasteiger charge is 2.15. The first-order valence-electron chi connectivity index (χ1n) is 9.49. The molecule has 0 bridgehead atoms. The van der Waals surface area contributed by atoms with Gasteiger partial charge in [0.2, 0.25) is 0 Å². The summed E-state index contributed by atoms with van der Waals surface area (Å²) in [6.45, 7) is 4.78. The van der Waals surface area contributed by atoms with Crippen LogP contribution in [0.2, 0.25) is 0 Å². The van der Waals surface area contributed by atoms with Crippen LogP contribution in [0.1, 0.15) is 19.8 Å². The SMILES string of the molecule is CC1CCN(c2ccc(NC(=O)NCCOc3ccc(F)c(F)c3)cc2)CC1. The number of hydrogen-bond acceptors (Lipinski definition) is 3. The summed E-state index contributed by atoms with van der Waals surface area (Å²) in [5.74, 6) is -0.896. The Bertz CT molecular complexity index is 791. The van der Waals surface area contributed by atoms with Gasteiger partial charge in [-0.05, 0) is 55.2 Å². The van der Waals surface area contributed by atoms with Crippen molar-refractivity contribution in [3.8, 4) is 5.75 Å². The molecular formula is C21H25F2N3O2. The van der Waals surface area contributed by atoms with Crippen LogP contribution in [0.3, 0.4) is 0 Å². The van der Waals surface area contributed by atoms with Gasteiger partial charge in [-0.2, -0.15) is 0 Å². The quantitative estimate of drug-likeness (QED) is 0.720. The normalized spacial score (nSPS) is 14.6. The number of ether oxygens (including phenoxy) is 1. The fourth-order valence-electron chi connectivity index (χ4n) is 3.10. The van der Waals surface area contributed by atoms with E-state index in [-0.39, 0.29) is 24.9 Å². The zero-order valence-electron chi connectivity index (χ0n) is 15.9. The molecule has 5 nitrogen and oxygen atoms in total. The molecule has 2 N–H and O–H groups in total. The number of carbonyl (C=O) groups is 1. The van der Waals surface area contributed by atoms with Crippen LogP contribution in [0.15, 0.2) is 42.5 Å². The number of nitrogens with one attached hydrogen (secondary N) is 2. The number of rotatable bonds is 6. The van der Waals surface area contributed by atoms with Crippen molar-refractivity contribution in [1.29, 1.82) is 0 Å². The molecule has 1 fully saturated rings. The van der Waals surface area contributed by atoms with Crippen molar-refractivity contribution in [2.45, 2.75) is 19.8 Å². The Morgan fingerprint density at radius 3 is 2.50 bits per heavy atom. The maximum absolute atomic E-state index is 13.1. The zero-order chi connectivity index (χ0) is 19.9. The van der Waals surface area contributed by atoms with E-state index in [4.69, 9.17) is 4.74 Å². The number of benzene rings is 2. The second-order valence-corrected chi connectivity index (χ2v) is 7.02. The Labute approximate surface area is 163 Å². The third kappa shape index (κ3) is 5.58. The number of hydrogen-bond donors (Lipinski definition) is 2. The smallest absolute Gasteiger partial charge is 0.319 e. The average molecular weight is 389 g/mol. The van der Waals surface area contributed by atoms with E-state index >= 15 is 0 Å². The third-order valence-corrected chi connectivity index (χ3v) is 4.82. The Morgan fingerprint density at radius 1 is 1.11 bits per heavy atom. The van der Waals surface area contributed by atoms with Crippen molar-refractivity contribution >= 4 is 17.4 Å². The van der Waals surface area contributed by atoms with Gasteiger partial charge in [-0.3, -0.25) is 0 Å². The van der Waals surface area contributed by atoms with Gasteiger partial charge in [0.25, 0.3) is 0 Å². The molecule has 2 aromatic carbocycles. The monoisotopic (exact) mass is 389 g/mol. The second kappa shape index (κ2) is 9.39. The maximum Gasteiger partial charge on any atom is 0.319 e. The molecule has 2 amide bonds. The summed E-state index contributed by atoms with van der Waals surface area (Å²) in [5.41, 5.74) is 1.87. The maximum atomic E-state index is 13.1. The van der Waals surface area contributed by atoms with Gasteiger partial charge in [0.1, 0.15) is 12.4 Å². The number of urea groups is 1. The number of amides is 2. The molecule has 3 rings (SSSR count). The average Bonchev–Trinajstić information content (AvgIpc) is 2.69. The molecule has 0 aliphatic carbocycles. The van der Waals surface area contributed by atoms with Gasteiger partial charge < -0.3 is 20.3 Å². The first-order valence-corrected chi connectivity index (χ1v) is 9.49. The molecule has 7 heteroatoms. The van der Waals surface area contributed by atoms with E-state index in [0.717, 1.165) is 36.8 Å². The summed E-state index contributed by atoms with van der Waals surface area (Å²) in [6.07, 6.45) is 2.41. The van der Waals surface area contributed by atoms with Crippen molar-refractivity contribution in [1.82, 2.24) is 5.32 Å². The predicted octanol–water partition coefficient (Wildman–Crippen LogP) is 4.40. The minimum atomic E-state index is -0.967. The summed E-state index contributed by atoms with van der Waals surface area (Å²) in [5, 5.41) is 5.42. The molecule has 1 aliphatic heterocycles. The van der Waals surface area contributed by atoms with Crippen molar-refractivity contribution in [2.24, 2.45) is 5.92 Å². The Morgan fingerprint density at radius 2 is 1.82 bits per heavy atom. The zero-order valence-corrected chi connectivity index (χ0v) is 15.9. The highest BCUT2D eigenvalue weighted by Crippen LogP contribution is 2.24. The number of halogens is 2. The van der Waals surface area contributed by atoms with E-state index in [0.29, 0.717) is 5.69 Å². The second-order valence-electron chi connectivity index (χ2n) is 7.02. The molecule has 150 valence electrons. The standard InChI is InChI=1S/C21H25F2N3O2/c1-15-8-11-26(12-9-15)17-4-2-16(3-5-17)25-21(27)24-10-13-28-18-6-7-19(22)20(23)14-18/h2-7,14-15H,8-13H2,1H3,(H2,24,25,27). The van der Waals surface area contributed by atoms with Gasteiger partial charge >= 0.3 is 6.03 Å². The fraction of sp³-hybridized carbons (Fsp3) is 0.381. The van der Waals surface area contributed by atoms with Crippen molar-refractivity contribution in [3.63, 3.8) is 0 Å². The third-order valence-electron chi connectivity index (χ3n) is 4.82. The minimum absolute atomic E-state index is 0.144. The van der Waals surface area contributed by atoms with Gasteiger partial charge in [-0.15, -0.1) is 0 Å². The molecule has 0 radical (unpaired) electrons. The highest BCUT2D eigenvalue weighted by molar-refractivity contribution is 5.89. The predicted molar refractivity (Wildman–Crippen MR) is 106 cm³/mol. The van der Waals surface area contributed by atoms with Crippen molar-refractivity contribution < 1.29 is 18.3 Å². The molecule has 0 spiro atoms. The Kier molecular flexibility index (Phi) is 6.68. The van der Waals surface area contributed by atoms with Gasteiger partial charge in [0.15, 0.2) is 11.6 Å². The topological polar surface area (TPSA) is 53.6 Å². The summed E-state index contributed by atoms with van der Waals surface area (Å²) >= 11 is 0. The minimum Gasteiger partial charge on any atom is -0.492 e. The molecule has 2 aromatic rings. The summed E-state index contributed by atoms with van der Waals surface area (Å²) in [6, 6.07) is 10.7. The largest absolute Gasteiger partial charge is 0.492 e. The lowest BCUT2D eigenvalue weighted by molar-refractivity contribution is 0.247. The molecule has 0 atom stereocenters. The van der Waals surface area contributed by atoms with Crippen molar-refractivity contribution in [2.75, 3.05) is 36.5 Å². The van der Waals surface area contributed by atoms with Crippen LogP contribution in [0.5, 0.6) is 5.75 Å². The van der Waals surface area contributed by atoms with Crippen LogP contribution in [0.4, 0.5) is 25.0 Å². The molecule has 0 aromatic heterocycles. The first-order chi connectivity index (χ1) is 13.5. The van der Waals surface area contributed by atoms with Gasteiger partial charge in [0.05, 0.1) is 6.54 Å². The van der Waals surface area contributed by atoms with E-state index < -0.39 is 11.6 Å². The van der Waals surface area contributed by atoms with E-state index in [1.807, 2.05) is 24.3 Å². The van der Waals surface area contributed by atoms with Crippen LogP contribution in [-0.4, -0.2) is 32.3 Å². The summed E-state index contributed by atoms with van der Waals surface area (Å²) in [7, 11) is 0.